The number of benzene rings is 1. The largest absolute Gasteiger partial charge is 0.445 e. The Labute approximate surface area is 220 Å². The van der Waals surface area contributed by atoms with Crippen LogP contribution in [-0.2, 0) is 25.9 Å². The number of thiophene rings is 1. The van der Waals surface area contributed by atoms with Crippen LogP contribution in [0.15, 0.2) is 46.9 Å². The molecule has 0 aliphatic carbocycles. The maximum Gasteiger partial charge on any atom is 0.421 e. The van der Waals surface area contributed by atoms with E-state index in [-0.39, 0.29) is 16.4 Å². The average Bonchev–Trinajstić information content (AvgIpc) is 3.45. The Kier molecular flexibility index (Phi) is 8.39. The summed E-state index contributed by atoms with van der Waals surface area (Å²) in [6, 6.07) is 9.51. The lowest BCUT2D eigenvalue weighted by atomic mass is 10.0. The van der Waals surface area contributed by atoms with Crippen LogP contribution in [0.5, 0.6) is 0 Å². The minimum absolute atomic E-state index is 0.0437. The number of halogens is 1. The Morgan fingerprint density at radius 2 is 1.94 bits per heavy atom. The van der Waals surface area contributed by atoms with Crippen LogP contribution in [-0.4, -0.2) is 43.4 Å². The van der Waals surface area contributed by atoms with Crippen LogP contribution in [0.4, 0.5) is 4.79 Å². The fourth-order valence-electron chi connectivity index (χ4n) is 4.14. The molecule has 3 heterocycles. The highest BCUT2D eigenvalue weighted by Crippen LogP contribution is 2.37. The Hall–Kier alpha value is -2.40. The van der Waals surface area contributed by atoms with E-state index in [1.165, 1.54) is 11.3 Å². The van der Waals surface area contributed by atoms with Crippen molar-refractivity contribution in [3.05, 3.63) is 58.4 Å². The van der Waals surface area contributed by atoms with Gasteiger partial charge in [0.25, 0.3) is 10.0 Å². The van der Waals surface area contributed by atoms with Gasteiger partial charge in [-0.15, -0.1) is 11.3 Å². The molecule has 1 saturated heterocycles. The molecule has 1 fully saturated rings. The molecule has 4 rings (SSSR count). The Morgan fingerprint density at radius 1 is 1.25 bits per heavy atom. The summed E-state index contributed by atoms with van der Waals surface area (Å²) in [5, 5.41) is 0.398. The quantitative estimate of drug-likeness (QED) is 0.387. The van der Waals surface area contributed by atoms with Gasteiger partial charge < -0.3 is 14.0 Å². The molecular weight excluding hydrogens is 522 g/mol. The van der Waals surface area contributed by atoms with Gasteiger partial charge in [0, 0.05) is 35.7 Å². The second-order valence-corrected chi connectivity index (χ2v) is 12.6. The second-order valence-electron chi connectivity index (χ2n) is 9.24. The fraction of sp³-hybridized carbons (Fsp3) is 0.440. The van der Waals surface area contributed by atoms with E-state index in [4.69, 9.17) is 21.1 Å². The van der Waals surface area contributed by atoms with E-state index >= 15 is 0 Å². The lowest BCUT2D eigenvalue weighted by Crippen LogP contribution is -2.35. The number of carbonyl (C=O) groups excluding carboxylic acids is 1. The topological polar surface area (TPSA) is 99.5 Å². The highest BCUT2D eigenvalue weighted by molar-refractivity contribution is 7.92. The van der Waals surface area contributed by atoms with Crippen molar-refractivity contribution in [2.24, 2.45) is 5.92 Å². The number of hydrogen-bond acceptors (Lipinski definition) is 7. The van der Waals surface area contributed by atoms with Gasteiger partial charge in [0.1, 0.15) is 10.3 Å². The Morgan fingerprint density at radius 3 is 2.56 bits per heavy atom. The summed E-state index contributed by atoms with van der Waals surface area (Å²) in [6.07, 6.45) is 3.96. The number of nitrogens with zero attached hydrogens (tertiary/aromatic N) is 2. The van der Waals surface area contributed by atoms with Crippen LogP contribution >= 0.6 is 22.9 Å². The molecule has 1 N–H and O–H groups in total. The predicted octanol–water partition coefficient (Wildman–Crippen LogP) is 5.67. The van der Waals surface area contributed by atoms with E-state index in [2.05, 4.69) is 23.6 Å². The fourth-order valence-corrected chi connectivity index (χ4v) is 7.23. The number of sulfonamides is 1. The van der Waals surface area contributed by atoms with Crippen molar-refractivity contribution < 1.29 is 22.7 Å². The zero-order chi connectivity index (χ0) is 25.9. The molecule has 0 spiro atoms. The third-order valence-electron chi connectivity index (χ3n) is 6.01. The molecule has 1 amide bonds. The molecule has 0 saturated carbocycles. The highest BCUT2D eigenvalue weighted by Gasteiger charge is 2.28. The van der Waals surface area contributed by atoms with Crippen molar-refractivity contribution in [3.8, 4) is 11.1 Å². The maximum absolute atomic E-state index is 13.3. The van der Waals surface area contributed by atoms with E-state index in [0.717, 1.165) is 22.4 Å². The van der Waals surface area contributed by atoms with Crippen molar-refractivity contribution in [3.63, 3.8) is 0 Å². The van der Waals surface area contributed by atoms with Crippen molar-refractivity contribution in [1.29, 1.82) is 0 Å². The van der Waals surface area contributed by atoms with Gasteiger partial charge in [-0.2, -0.15) is 0 Å². The van der Waals surface area contributed by atoms with Crippen LogP contribution < -0.4 is 4.72 Å². The van der Waals surface area contributed by atoms with Crippen LogP contribution in [0, 0.1) is 5.92 Å². The minimum atomic E-state index is -4.14. The average molecular weight is 552 g/mol. The molecule has 8 nitrogen and oxygen atoms in total. The van der Waals surface area contributed by atoms with Gasteiger partial charge in [-0.1, -0.05) is 38.1 Å². The van der Waals surface area contributed by atoms with Gasteiger partial charge >= 0.3 is 6.09 Å². The van der Waals surface area contributed by atoms with E-state index in [0.29, 0.717) is 42.8 Å². The third-order valence-corrected chi connectivity index (χ3v) is 9.30. The number of aromatic nitrogens is 2. The molecule has 3 aromatic rings. The van der Waals surface area contributed by atoms with E-state index in [1.807, 2.05) is 48.0 Å². The molecule has 11 heteroatoms. The van der Waals surface area contributed by atoms with Crippen molar-refractivity contribution in [1.82, 2.24) is 14.3 Å². The number of nitrogens with one attached hydrogen (secondary N) is 1. The van der Waals surface area contributed by atoms with Gasteiger partial charge in [0.15, 0.2) is 0 Å². The summed E-state index contributed by atoms with van der Waals surface area (Å²) >= 11 is 7.35. The molecule has 1 aromatic carbocycles. The van der Waals surface area contributed by atoms with Gasteiger partial charge in [-0.05, 0) is 48.1 Å². The zero-order valence-electron chi connectivity index (χ0n) is 20.4. The second kappa shape index (κ2) is 11.3. The molecule has 0 radical (unpaired) electrons. The van der Waals surface area contributed by atoms with Gasteiger partial charge in [-0.3, -0.25) is 0 Å². The van der Waals surface area contributed by atoms with E-state index in [9.17, 15) is 13.2 Å². The number of imidazole rings is 1. The molecule has 194 valence electrons. The van der Waals surface area contributed by atoms with Crippen molar-refractivity contribution in [2.75, 3.05) is 13.2 Å². The molecule has 1 unspecified atom stereocenters. The highest BCUT2D eigenvalue weighted by atomic mass is 35.5. The van der Waals surface area contributed by atoms with Crippen LogP contribution in [0.2, 0.25) is 5.28 Å². The number of ether oxygens (including phenoxy) is 2. The summed E-state index contributed by atoms with van der Waals surface area (Å²) in [6.45, 7) is 7.14. The van der Waals surface area contributed by atoms with Crippen molar-refractivity contribution in [2.45, 2.75) is 56.4 Å². The minimum Gasteiger partial charge on any atom is -0.445 e. The molecule has 1 aliphatic rings. The number of amides is 1. The lowest BCUT2D eigenvalue weighted by Gasteiger charge is -2.22. The first-order valence-corrected chi connectivity index (χ1v) is 14.5. The summed E-state index contributed by atoms with van der Waals surface area (Å²) in [7, 11) is -4.14. The number of hydrogen-bond donors (Lipinski definition) is 1. The first-order valence-electron chi connectivity index (χ1n) is 11.9. The maximum atomic E-state index is 13.3. The van der Waals surface area contributed by atoms with E-state index in [1.54, 1.807) is 6.20 Å². The number of rotatable bonds is 8. The normalized spacial score (nSPS) is 15.7. The van der Waals surface area contributed by atoms with Gasteiger partial charge in [0.2, 0.25) is 5.28 Å². The molecule has 1 atom stereocenters. The van der Waals surface area contributed by atoms with Crippen LogP contribution in [0.25, 0.3) is 11.1 Å². The summed E-state index contributed by atoms with van der Waals surface area (Å²) in [5.41, 5.74) is 2.30. The molecule has 2 aromatic heterocycles. The predicted molar refractivity (Wildman–Crippen MR) is 140 cm³/mol. The van der Waals surface area contributed by atoms with E-state index < -0.39 is 16.1 Å². The van der Waals surface area contributed by atoms with Gasteiger partial charge in [-0.25, -0.2) is 22.9 Å². The lowest BCUT2D eigenvalue weighted by molar-refractivity contribution is 0.00334. The molecular formula is C25H30ClN3O5S2. The van der Waals surface area contributed by atoms with Gasteiger partial charge in [0.05, 0.1) is 19.3 Å². The Bertz CT molecular complexity index is 1300. The summed E-state index contributed by atoms with van der Waals surface area (Å²) in [5.74, 6) is 0.349. The number of carbonyl (C=O) groups is 1. The zero-order valence-corrected chi connectivity index (χ0v) is 22.8. The summed E-state index contributed by atoms with van der Waals surface area (Å²) in [4.78, 5) is 17.4. The molecule has 36 heavy (non-hydrogen) atoms. The third kappa shape index (κ3) is 6.29. The monoisotopic (exact) mass is 551 g/mol. The molecule has 0 bridgehead atoms. The Balaban J connectivity index is 1.60. The standard InChI is InChI=1S/C25H30ClN3O5S2/c1-16(2)14-21-15-22(19-6-4-18(5-7-19)17(3)29-11-10-27-24(29)26)23(35-21)36(31,32)28-25(30)34-20-8-12-33-13-9-20/h4-7,10-11,15-17,20H,8-9,12-14H2,1-3H3,(H,28,30). The first-order chi connectivity index (χ1) is 17.1. The van der Waals surface area contributed by atoms with Crippen LogP contribution in [0.1, 0.15) is 50.1 Å². The smallest absolute Gasteiger partial charge is 0.421 e. The molecule has 1 aliphatic heterocycles. The first kappa shape index (κ1) is 26.7. The summed E-state index contributed by atoms with van der Waals surface area (Å²) < 4.78 is 41.2. The van der Waals surface area contributed by atoms with Crippen molar-refractivity contribution >= 4 is 39.1 Å². The van der Waals surface area contributed by atoms with Crippen LogP contribution in [0.3, 0.4) is 0 Å². The SMILES string of the molecule is CC(C)Cc1cc(-c2ccc(C(C)n3ccnc3Cl)cc2)c(S(=O)(=O)NC(=O)OC2CCOCC2)s1.